The average molecular weight is 532 g/mol. The van der Waals surface area contributed by atoms with Crippen molar-refractivity contribution in [3.8, 4) is 0 Å². The van der Waals surface area contributed by atoms with E-state index in [-0.39, 0.29) is 28.5 Å². The number of nitrogens with zero attached hydrogens (tertiary/aromatic N) is 7. The van der Waals surface area contributed by atoms with Gasteiger partial charge in [0.15, 0.2) is 23.3 Å². The fourth-order valence-corrected chi connectivity index (χ4v) is 5.40. The Morgan fingerprint density at radius 2 is 1.76 bits per heavy atom. The molecule has 6 heterocycles. The van der Waals surface area contributed by atoms with Gasteiger partial charge in [-0.05, 0) is 0 Å². The van der Waals surface area contributed by atoms with Crippen molar-refractivity contribution in [3.05, 3.63) is 23.0 Å². The summed E-state index contributed by atoms with van der Waals surface area (Å²) in [6.45, 7) is -1.60. The standard InChI is InChI=1S/C20H21N9O9/c21-15-9-16(23-3-22-15)28(5-26-9)19(13(34)11(32)7(1-30)37-19)20(14(35)12(33)8(2-31)38-20)29-6-27-10-17(29)24-4-25-18(10)36/h3-8,11-14,21,30-35H,1-2H2/p+1/t7-,8-,11-,12-,13-,14-,19+,20+/m1/s1. The highest BCUT2D eigenvalue weighted by atomic mass is 16.6. The van der Waals surface area contributed by atoms with Crippen LogP contribution >= 0.6 is 0 Å². The highest BCUT2D eigenvalue weighted by Crippen LogP contribution is 2.53. The third-order valence-corrected chi connectivity index (χ3v) is 7.13. The molecule has 2 saturated heterocycles. The second kappa shape index (κ2) is 8.44. The number of aliphatic imine (C=N–C) groups is 3. The number of nitrogens with one attached hydrogen (secondary N) is 2. The molecule has 18 heteroatoms. The SMILES string of the molecule is N=C1N=CN=C2C1=NC=[N+]2[C@]1([C@@]2(n3cnc4c(=O)[nH]cnc43)O[C@H](CO)[C@@H](O)[C@H]2O)O[C@H](CO)[C@@H](O)[C@H]1O. The molecule has 4 aliphatic rings. The Hall–Kier alpha value is -3.62. The molecule has 0 unspecified atom stereocenters. The van der Waals surface area contributed by atoms with Gasteiger partial charge in [-0.1, -0.05) is 4.99 Å². The van der Waals surface area contributed by atoms with Gasteiger partial charge in [-0.2, -0.15) is 9.57 Å². The maximum atomic E-state index is 12.5. The molecule has 0 bridgehead atoms. The lowest BCUT2D eigenvalue weighted by atomic mass is 9.85. The van der Waals surface area contributed by atoms with Crippen molar-refractivity contribution in [2.45, 2.75) is 48.1 Å². The number of amidine groups is 2. The molecule has 0 saturated carbocycles. The minimum Gasteiger partial charge on any atom is -0.394 e. The molecule has 2 fully saturated rings. The van der Waals surface area contributed by atoms with Crippen molar-refractivity contribution in [3.63, 3.8) is 0 Å². The van der Waals surface area contributed by atoms with Gasteiger partial charge >= 0.3 is 5.84 Å². The molecule has 0 spiro atoms. The Labute approximate surface area is 210 Å². The number of fused-ring (bicyclic) bond motifs is 2. The smallest absolute Gasteiger partial charge is 0.313 e. The van der Waals surface area contributed by atoms with E-state index in [1.807, 2.05) is 0 Å². The minimum absolute atomic E-state index is 0.0587. The summed E-state index contributed by atoms with van der Waals surface area (Å²) in [6.07, 6.45) is -6.41. The molecule has 0 aromatic carbocycles. The number of hydrogen-bond donors (Lipinski definition) is 8. The molecule has 18 nitrogen and oxygen atoms in total. The molecule has 8 atom stereocenters. The van der Waals surface area contributed by atoms with Gasteiger partial charge in [-0.25, -0.2) is 9.97 Å². The molecule has 0 radical (unpaired) electrons. The molecule has 0 aliphatic carbocycles. The van der Waals surface area contributed by atoms with Crippen molar-refractivity contribution in [1.82, 2.24) is 19.5 Å². The zero-order chi connectivity index (χ0) is 27.0. The summed E-state index contributed by atoms with van der Waals surface area (Å²) in [5, 5.41) is 73.2. The van der Waals surface area contributed by atoms with E-state index in [0.29, 0.717) is 0 Å². The van der Waals surface area contributed by atoms with Crippen LogP contribution in [0.3, 0.4) is 0 Å². The quantitative estimate of drug-likeness (QED) is 0.168. The van der Waals surface area contributed by atoms with E-state index >= 15 is 0 Å². The number of aliphatic hydroxyl groups excluding tert-OH is 6. The van der Waals surface area contributed by atoms with E-state index in [9.17, 15) is 35.4 Å². The number of aliphatic hydroxyl groups is 6. The van der Waals surface area contributed by atoms with E-state index in [2.05, 4.69) is 29.9 Å². The third-order valence-electron chi connectivity index (χ3n) is 7.13. The van der Waals surface area contributed by atoms with Gasteiger partial charge in [0.2, 0.25) is 12.1 Å². The predicted octanol–water partition coefficient (Wildman–Crippen LogP) is -5.39. The van der Waals surface area contributed by atoms with Crippen LogP contribution in [0.5, 0.6) is 0 Å². The Morgan fingerprint density at radius 1 is 1.05 bits per heavy atom. The van der Waals surface area contributed by atoms with Crippen LogP contribution in [0.1, 0.15) is 0 Å². The largest absolute Gasteiger partial charge is 0.394 e. The van der Waals surface area contributed by atoms with Crippen LogP contribution in [-0.2, 0) is 15.2 Å². The van der Waals surface area contributed by atoms with Gasteiger partial charge in [-0.15, -0.1) is 4.99 Å². The normalized spacial score (nSPS) is 38.5. The van der Waals surface area contributed by atoms with E-state index < -0.39 is 66.8 Å². The van der Waals surface area contributed by atoms with Gasteiger partial charge in [0.05, 0.1) is 25.9 Å². The van der Waals surface area contributed by atoms with Crippen LogP contribution in [0.4, 0.5) is 0 Å². The first-order valence-corrected chi connectivity index (χ1v) is 11.3. The zero-order valence-electron chi connectivity index (χ0n) is 19.2. The highest BCUT2D eigenvalue weighted by Gasteiger charge is 2.79. The van der Waals surface area contributed by atoms with Gasteiger partial charge in [0, 0.05) is 0 Å². The fourth-order valence-electron chi connectivity index (χ4n) is 5.40. The number of ether oxygens (including phenoxy) is 2. The lowest BCUT2D eigenvalue weighted by molar-refractivity contribution is -0.625. The lowest BCUT2D eigenvalue weighted by Gasteiger charge is -2.47. The summed E-state index contributed by atoms with van der Waals surface area (Å²) in [5.74, 6) is -0.408. The second-order valence-electron chi connectivity index (χ2n) is 8.97. The predicted molar refractivity (Wildman–Crippen MR) is 124 cm³/mol. The molecule has 0 amide bonds. The third kappa shape index (κ3) is 2.87. The fraction of sp³-hybridized carbons (Fsp3) is 0.500. The van der Waals surface area contributed by atoms with Gasteiger partial charge in [0.1, 0.15) is 36.6 Å². The van der Waals surface area contributed by atoms with Crippen LogP contribution < -0.4 is 5.56 Å². The summed E-state index contributed by atoms with van der Waals surface area (Å²) in [7, 11) is 0. The van der Waals surface area contributed by atoms with Crippen molar-refractivity contribution in [2.24, 2.45) is 15.0 Å². The number of aromatic nitrogens is 4. The molecule has 8 N–H and O–H groups in total. The van der Waals surface area contributed by atoms with Crippen LogP contribution in [-0.4, -0.2) is 140 Å². The first kappa shape index (κ1) is 24.7. The Bertz CT molecular complexity index is 1510. The Morgan fingerprint density at radius 3 is 2.45 bits per heavy atom. The highest BCUT2D eigenvalue weighted by molar-refractivity contribution is 6.69. The summed E-state index contributed by atoms with van der Waals surface area (Å²) in [6, 6.07) is 0. The zero-order valence-corrected chi connectivity index (χ0v) is 19.2. The Balaban J connectivity index is 1.70. The molecule has 2 aromatic heterocycles. The summed E-state index contributed by atoms with van der Waals surface area (Å²) in [5.41, 5.74) is -6.19. The van der Waals surface area contributed by atoms with Crippen LogP contribution in [0.2, 0.25) is 0 Å². The van der Waals surface area contributed by atoms with Crippen molar-refractivity contribution in [2.75, 3.05) is 13.2 Å². The molecule has 200 valence electrons. The first-order chi connectivity index (χ1) is 18.2. The van der Waals surface area contributed by atoms with E-state index in [0.717, 1.165) is 34.5 Å². The number of aromatic amines is 1. The molecule has 6 rings (SSSR count). The summed E-state index contributed by atoms with van der Waals surface area (Å²) >= 11 is 0. The van der Waals surface area contributed by atoms with Crippen LogP contribution in [0, 0.1) is 5.41 Å². The molecule has 4 aliphatic heterocycles. The molecular weight excluding hydrogens is 510 g/mol. The number of rotatable bonds is 5. The van der Waals surface area contributed by atoms with E-state index in [1.54, 1.807) is 0 Å². The molecule has 38 heavy (non-hydrogen) atoms. The second-order valence-corrected chi connectivity index (χ2v) is 8.97. The number of H-pyrrole nitrogens is 1. The molecule has 2 aromatic rings. The Kier molecular flexibility index (Phi) is 5.49. The average Bonchev–Trinajstić information content (AvgIpc) is 3.66. The number of imidazole rings is 1. The van der Waals surface area contributed by atoms with E-state index in [1.165, 1.54) is 0 Å². The topological polar surface area (TPSA) is 267 Å². The minimum atomic E-state index is -2.54. The summed E-state index contributed by atoms with van der Waals surface area (Å²) in [4.78, 5) is 35.0. The van der Waals surface area contributed by atoms with Crippen molar-refractivity contribution >= 4 is 41.2 Å². The molecular formula is C20H22N9O9+. The van der Waals surface area contributed by atoms with Gasteiger partial charge < -0.3 is 45.1 Å². The lowest BCUT2D eigenvalue weighted by Crippen LogP contribution is -2.73. The maximum absolute atomic E-state index is 12.5. The first-order valence-electron chi connectivity index (χ1n) is 11.3. The van der Waals surface area contributed by atoms with E-state index in [4.69, 9.17) is 14.9 Å². The van der Waals surface area contributed by atoms with Crippen molar-refractivity contribution < 1.29 is 44.7 Å². The van der Waals surface area contributed by atoms with Crippen LogP contribution in [0.15, 0.2) is 32.4 Å². The van der Waals surface area contributed by atoms with Crippen LogP contribution in [0.25, 0.3) is 11.2 Å². The van der Waals surface area contributed by atoms with Crippen molar-refractivity contribution in [1.29, 1.82) is 5.41 Å². The van der Waals surface area contributed by atoms with Gasteiger partial charge in [0.25, 0.3) is 17.0 Å². The monoisotopic (exact) mass is 532 g/mol. The maximum Gasteiger partial charge on any atom is 0.313 e. The number of hydrogen-bond acceptors (Lipinski definition) is 14. The summed E-state index contributed by atoms with van der Waals surface area (Å²) < 4.78 is 14.4. The van der Waals surface area contributed by atoms with Gasteiger partial charge in [-0.3, -0.25) is 14.8 Å².